The van der Waals surface area contributed by atoms with Crippen molar-refractivity contribution < 1.29 is 32.6 Å². The van der Waals surface area contributed by atoms with E-state index in [1.807, 2.05) is 6.92 Å². The number of ether oxygens (including phenoxy) is 1. The number of thiazole rings is 1. The Hall–Kier alpha value is -3.49. The number of halogens is 3. The van der Waals surface area contributed by atoms with Crippen molar-refractivity contribution in [1.29, 1.82) is 0 Å². The quantitative estimate of drug-likeness (QED) is 0.292. The molecule has 1 aromatic carbocycles. The van der Waals surface area contributed by atoms with Crippen LogP contribution in [0.4, 0.5) is 18.3 Å². The molecule has 0 spiro atoms. The van der Waals surface area contributed by atoms with Gasteiger partial charge in [0, 0.05) is 49.0 Å². The first-order valence-corrected chi connectivity index (χ1v) is 16.5. The van der Waals surface area contributed by atoms with Gasteiger partial charge in [0.15, 0.2) is 5.13 Å². The van der Waals surface area contributed by atoms with Crippen LogP contribution in [0.15, 0.2) is 35.1 Å². The van der Waals surface area contributed by atoms with Gasteiger partial charge >= 0.3 is 12.1 Å². The number of benzene rings is 1. The fourth-order valence-electron chi connectivity index (χ4n) is 6.16. The number of aromatic nitrogens is 1. The van der Waals surface area contributed by atoms with Crippen molar-refractivity contribution in [3.8, 4) is 17.0 Å². The van der Waals surface area contributed by atoms with E-state index in [0.29, 0.717) is 50.2 Å². The van der Waals surface area contributed by atoms with Crippen LogP contribution in [-0.4, -0.2) is 76.9 Å². The lowest BCUT2D eigenvalue weighted by atomic mass is 9.84. The summed E-state index contributed by atoms with van der Waals surface area (Å²) in [5, 5.41) is 15.5. The lowest BCUT2D eigenvalue weighted by Crippen LogP contribution is -2.50. The fraction of sp³-hybridized carbons (Fsp3) is 0.562. The second-order valence-electron chi connectivity index (χ2n) is 12.8. The number of rotatable bonds is 10. The number of aliphatic carboxylic acids is 1. The number of piperidine rings is 2. The maximum Gasteiger partial charge on any atom is 0.419 e. The van der Waals surface area contributed by atoms with Gasteiger partial charge in [-0.25, -0.2) is 4.98 Å². The topological polar surface area (TPSA) is 119 Å². The van der Waals surface area contributed by atoms with Crippen LogP contribution in [0.2, 0.25) is 0 Å². The summed E-state index contributed by atoms with van der Waals surface area (Å²) in [5.41, 5.74) is 0.0661. The number of carboxylic acid groups (broad SMARTS) is 1. The van der Waals surface area contributed by atoms with E-state index in [9.17, 15) is 27.9 Å². The van der Waals surface area contributed by atoms with E-state index < -0.39 is 23.6 Å². The minimum atomic E-state index is -4.62. The number of hydrogen-bond donors (Lipinski definition) is 3. The normalized spacial score (nSPS) is 21.0. The van der Waals surface area contributed by atoms with Gasteiger partial charge in [-0.1, -0.05) is 32.1 Å². The standard InChI is InChI=1S/C32H41F3N6O4S/c1-4-14-45-24-7-6-21(15-22(24)32(33,34)35)27-25(18-40-11-5-10-31(2,3)19-40)46-30(38-27)39-28(42)23-16-37-26(17-36-23)41-12-8-20(9-13-41)29(43)44/h6-7,15-17,20,26,37H,4-5,8-14,18-19H2,1-3H3,(H,43,44)(H,38,39,42). The second kappa shape index (κ2) is 14.1. The Morgan fingerprint density at radius 2 is 1.98 bits per heavy atom. The molecule has 14 heteroatoms. The van der Waals surface area contributed by atoms with Gasteiger partial charge in [0.25, 0.3) is 5.91 Å². The minimum absolute atomic E-state index is 0.115. The van der Waals surface area contributed by atoms with Crippen molar-refractivity contribution >= 4 is 34.6 Å². The molecule has 0 radical (unpaired) electrons. The Balaban J connectivity index is 1.35. The lowest BCUT2D eigenvalue weighted by molar-refractivity contribution is -0.143. The van der Waals surface area contributed by atoms with Gasteiger partial charge in [-0.05, 0) is 62.3 Å². The zero-order valence-corrected chi connectivity index (χ0v) is 27.1. The summed E-state index contributed by atoms with van der Waals surface area (Å²) in [6.07, 6.45) is 2.03. The molecule has 1 amide bonds. The molecule has 2 fully saturated rings. The molecule has 5 rings (SSSR count). The van der Waals surface area contributed by atoms with Crippen LogP contribution in [0.5, 0.6) is 5.75 Å². The number of carbonyl (C=O) groups is 2. The third-order valence-corrected chi connectivity index (χ3v) is 9.49. The SMILES string of the molecule is CCCOc1ccc(-c2nc(NC(=O)C3=CNC(N4CCC(C(=O)O)CC4)C=N3)sc2CN2CCCC(C)(C)C2)cc1C(F)(F)F. The molecule has 3 N–H and O–H groups in total. The van der Waals surface area contributed by atoms with Crippen LogP contribution in [-0.2, 0) is 22.3 Å². The van der Waals surface area contributed by atoms with E-state index in [4.69, 9.17) is 4.74 Å². The summed E-state index contributed by atoms with van der Waals surface area (Å²) < 4.78 is 47.7. The molecular formula is C32H41F3N6O4S. The summed E-state index contributed by atoms with van der Waals surface area (Å²) in [6, 6.07) is 4.00. The highest BCUT2D eigenvalue weighted by Crippen LogP contribution is 2.41. The Bertz CT molecular complexity index is 1480. The molecule has 1 atom stereocenters. The number of nitrogens with zero attached hydrogens (tertiary/aromatic N) is 4. The summed E-state index contributed by atoms with van der Waals surface area (Å²) >= 11 is 1.24. The number of amides is 1. The average molecular weight is 663 g/mol. The molecule has 3 aliphatic rings. The summed E-state index contributed by atoms with van der Waals surface area (Å²) in [5.74, 6) is -1.86. The molecule has 0 bridgehead atoms. The number of carbonyl (C=O) groups excluding carboxylic acids is 1. The highest BCUT2D eigenvalue weighted by atomic mass is 32.1. The van der Waals surface area contributed by atoms with E-state index >= 15 is 0 Å². The molecule has 0 saturated carbocycles. The summed E-state index contributed by atoms with van der Waals surface area (Å²) in [4.78, 5) is 38.6. The number of nitrogens with one attached hydrogen (secondary N) is 2. The van der Waals surface area contributed by atoms with E-state index in [-0.39, 0.29) is 40.7 Å². The zero-order chi connectivity index (χ0) is 33.1. The van der Waals surface area contributed by atoms with Crippen molar-refractivity contribution in [3.63, 3.8) is 0 Å². The van der Waals surface area contributed by atoms with Gasteiger partial charge < -0.3 is 15.2 Å². The lowest BCUT2D eigenvalue weighted by Gasteiger charge is -2.37. The predicted molar refractivity (Wildman–Crippen MR) is 171 cm³/mol. The Labute approximate surface area is 270 Å². The van der Waals surface area contributed by atoms with Crippen LogP contribution in [0.1, 0.15) is 63.3 Å². The van der Waals surface area contributed by atoms with Gasteiger partial charge in [0.1, 0.15) is 17.6 Å². The highest BCUT2D eigenvalue weighted by Gasteiger charge is 2.36. The first-order valence-electron chi connectivity index (χ1n) is 15.7. The first-order chi connectivity index (χ1) is 21.8. The Morgan fingerprint density at radius 1 is 1.22 bits per heavy atom. The molecule has 0 aliphatic carbocycles. The number of anilines is 1. The molecule has 46 heavy (non-hydrogen) atoms. The van der Waals surface area contributed by atoms with E-state index in [2.05, 4.69) is 44.3 Å². The molecular weight excluding hydrogens is 621 g/mol. The maximum absolute atomic E-state index is 14.1. The van der Waals surface area contributed by atoms with Crippen molar-refractivity contribution in [2.75, 3.05) is 38.1 Å². The molecule has 250 valence electrons. The van der Waals surface area contributed by atoms with Crippen molar-refractivity contribution in [1.82, 2.24) is 20.1 Å². The van der Waals surface area contributed by atoms with Crippen LogP contribution < -0.4 is 15.4 Å². The number of hydrogen-bond acceptors (Lipinski definition) is 9. The zero-order valence-electron chi connectivity index (χ0n) is 26.3. The van der Waals surface area contributed by atoms with Crippen molar-refractivity contribution in [2.45, 2.75) is 71.8 Å². The molecule has 2 aromatic rings. The third kappa shape index (κ3) is 8.26. The molecule has 1 aromatic heterocycles. The van der Waals surface area contributed by atoms with E-state index in [1.165, 1.54) is 23.6 Å². The summed E-state index contributed by atoms with van der Waals surface area (Å²) in [6.45, 7) is 9.79. The Kier molecular flexibility index (Phi) is 10.4. The van der Waals surface area contributed by atoms with Crippen LogP contribution in [0.25, 0.3) is 11.3 Å². The maximum atomic E-state index is 14.1. The molecule has 2 saturated heterocycles. The monoisotopic (exact) mass is 662 g/mol. The molecule has 10 nitrogen and oxygen atoms in total. The summed E-state index contributed by atoms with van der Waals surface area (Å²) in [7, 11) is 0. The van der Waals surface area contributed by atoms with Gasteiger partial charge in [-0.15, -0.1) is 0 Å². The van der Waals surface area contributed by atoms with E-state index in [1.54, 1.807) is 12.3 Å². The van der Waals surface area contributed by atoms with Crippen LogP contribution in [0, 0.1) is 11.3 Å². The number of likely N-dealkylation sites (tertiary alicyclic amines) is 2. The van der Waals surface area contributed by atoms with Crippen molar-refractivity contribution in [2.24, 2.45) is 16.3 Å². The third-order valence-electron chi connectivity index (χ3n) is 8.54. The first kappa shape index (κ1) is 33.9. The number of alkyl halides is 3. The van der Waals surface area contributed by atoms with Gasteiger partial charge in [0.05, 0.1) is 23.8 Å². The fourth-order valence-corrected chi connectivity index (χ4v) is 7.18. The minimum Gasteiger partial charge on any atom is -0.493 e. The molecule has 4 heterocycles. The largest absolute Gasteiger partial charge is 0.493 e. The Morgan fingerprint density at radius 3 is 2.61 bits per heavy atom. The van der Waals surface area contributed by atoms with Gasteiger partial charge in [0.2, 0.25) is 0 Å². The average Bonchev–Trinajstić information content (AvgIpc) is 3.40. The van der Waals surface area contributed by atoms with Crippen LogP contribution in [0.3, 0.4) is 0 Å². The molecule has 3 aliphatic heterocycles. The second-order valence-corrected chi connectivity index (χ2v) is 13.9. The number of carboxylic acids is 1. The molecule has 1 unspecified atom stereocenters. The predicted octanol–water partition coefficient (Wildman–Crippen LogP) is 5.82. The van der Waals surface area contributed by atoms with Gasteiger partial charge in [-0.3, -0.25) is 29.7 Å². The number of aliphatic imine (C=N–C) groups is 1. The van der Waals surface area contributed by atoms with Gasteiger partial charge in [-0.2, -0.15) is 13.2 Å². The van der Waals surface area contributed by atoms with Crippen molar-refractivity contribution in [3.05, 3.63) is 40.5 Å². The highest BCUT2D eigenvalue weighted by molar-refractivity contribution is 7.16. The van der Waals surface area contributed by atoms with E-state index in [0.717, 1.165) is 36.9 Å². The van der Waals surface area contributed by atoms with Crippen LogP contribution >= 0.6 is 11.3 Å². The smallest absolute Gasteiger partial charge is 0.419 e.